The third-order valence-corrected chi connectivity index (χ3v) is 6.38. The summed E-state index contributed by atoms with van der Waals surface area (Å²) in [5.74, 6) is 0. The third kappa shape index (κ3) is 4.50. The number of sulfonamides is 1. The lowest BCUT2D eigenvalue weighted by molar-refractivity contribution is 0.114. The Morgan fingerprint density at radius 3 is 2.95 bits per heavy atom. The normalized spacial score (nSPS) is 19.2. The average molecular weight is 332 g/mol. The summed E-state index contributed by atoms with van der Waals surface area (Å²) in [7, 11) is -3.46. The summed E-state index contributed by atoms with van der Waals surface area (Å²) in [6, 6.07) is 0. The van der Waals surface area contributed by atoms with E-state index in [1.165, 1.54) is 11.3 Å². The zero-order valence-electron chi connectivity index (χ0n) is 12.6. The first-order valence-electron chi connectivity index (χ1n) is 7.43. The average Bonchev–Trinajstić information content (AvgIpc) is 3.07. The lowest BCUT2D eigenvalue weighted by Crippen LogP contribution is -2.32. The van der Waals surface area contributed by atoms with E-state index in [9.17, 15) is 8.42 Å². The van der Waals surface area contributed by atoms with E-state index in [4.69, 9.17) is 4.74 Å². The predicted molar refractivity (Wildman–Crippen MR) is 85.2 cm³/mol. The fraction of sp³-hybridized carbons (Fsp3) is 0.714. The van der Waals surface area contributed by atoms with Gasteiger partial charge in [0.05, 0.1) is 6.10 Å². The Morgan fingerprint density at radius 1 is 1.48 bits per heavy atom. The molecular formula is C14H24N2O3S2. The van der Waals surface area contributed by atoms with Gasteiger partial charge >= 0.3 is 0 Å². The number of aryl methyl sites for hydroxylation is 1. The molecule has 0 amide bonds. The standard InChI is InChI=1S/C14H24N2O3S2/c1-3-6-15-9-13-14(11(2)10-20-13)21(17,18)16-8-12-5-4-7-19-12/h10,12,15-16H,3-9H2,1-2H3. The van der Waals surface area contributed by atoms with Crippen LogP contribution in [-0.4, -0.2) is 34.2 Å². The lowest BCUT2D eigenvalue weighted by atomic mass is 10.2. The Kier molecular flexibility index (Phi) is 6.19. The molecule has 0 spiro atoms. The van der Waals surface area contributed by atoms with Gasteiger partial charge in [-0.3, -0.25) is 0 Å². The molecule has 1 aromatic rings. The molecule has 2 heterocycles. The number of rotatable bonds is 8. The molecule has 0 radical (unpaired) electrons. The van der Waals surface area contributed by atoms with Crippen LogP contribution >= 0.6 is 11.3 Å². The molecular weight excluding hydrogens is 308 g/mol. The van der Waals surface area contributed by atoms with Crippen LogP contribution < -0.4 is 10.0 Å². The SMILES string of the molecule is CCCNCc1scc(C)c1S(=O)(=O)NCC1CCCO1. The van der Waals surface area contributed by atoms with Crippen LogP contribution in [0.15, 0.2) is 10.3 Å². The molecule has 0 aliphatic carbocycles. The zero-order chi connectivity index (χ0) is 15.3. The van der Waals surface area contributed by atoms with Crippen molar-refractivity contribution >= 4 is 21.4 Å². The molecule has 1 fully saturated rings. The summed E-state index contributed by atoms with van der Waals surface area (Å²) >= 11 is 1.50. The molecule has 1 aliphatic heterocycles. The third-order valence-electron chi connectivity index (χ3n) is 3.50. The first kappa shape index (κ1) is 16.9. The molecule has 2 rings (SSSR count). The van der Waals surface area contributed by atoms with Gasteiger partial charge in [-0.25, -0.2) is 13.1 Å². The molecule has 2 N–H and O–H groups in total. The number of nitrogens with one attached hydrogen (secondary N) is 2. The second-order valence-corrected chi connectivity index (χ2v) is 8.00. The van der Waals surface area contributed by atoms with Gasteiger partial charge < -0.3 is 10.1 Å². The van der Waals surface area contributed by atoms with Crippen molar-refractivity contribution in [2.45, 2.75) is 50.7 Å². The monoisotopic (exact) mass is 332 g/mol. The zero-order valence-corrected chi connectivity index (χ0v) is 14.3. The summed E-state index contributed by atoms with van der Waals surface area (Å²) in [6.45, 7) is 6.52. The van der Waals surface area contributed by atoms with Crippen molar-refractivity contribution in [2.75, 3.05) is 19.7 Å². The molecule has 5 nitrogen and oxygen atoms in total. The summed E-state index contributed by atoms with van der Waals surface area (Å²) in [4.78, 5) is 1.31. The molecule has 7 heteroatoms. The van der Waals surface area contributed by atoms with Crippen LogP contribution in [0.4, 0.5) is 0 Å². The maximum Gasteiger partial charge on any atom is 0.242 e. The maximum atomic E-state index is 12.5. The molecule has 21 heavy (non-hydrogen) atoms. The van der Waals surface area contributed by atoms with Gasteiger partial charge in [-0.1, -0.05) is 6.92 Å². The first-order valence-corrected chi connectivity index (χ1v) is 9.80. The van der Waals surface area contributed by atoms with E-state index in [2.05, 4.69) is 17.0 Å². The largest absolute Gasteiger partial charge is 0.377 e. The highest BCUT2D eigenvalue weighted by molar-refractivity contribution is 7.89. The molecule has 1 atom stereocenters. The van der Waals surface area contributed by atoms with Crippen molar-refractivity contribution in [1.29, 1.82) is 0 Å². The fourth-order valence-electron chi connectivity index (χ4n) is 2.43. The van der Waals surface area contributed by atoms with Crippen molar-refractivity contribution in [3.05, 3.63) is 15.8 Å². The Balaban J connectivity index is 2.05. The highest BCUT2D eigenvalue weighted by Crippen LogP contribution is 2.27. The highest BCUT2D eigenvalue weighted by atomic mass is 32.2. The van der Waals surface area contributed by atoms with Crippen LogP contribution in [0, 0.1) is 6.92 Å². The number of hydrogen-bond acceptors (Lipinski definition) is 5. The summed E-state index contributed by atoms with van der Waals surface area (Å²) in [5, 5.41) is 5.17. The summed E-state index contributed by atoms with van der Waals surface area (Å²) in [6.07, 6.45) is 2.98. The minimum atomic E-state index is -3.46. The molecule has 1 aliphatic rings. The Hall–Kier alpha value is -0.470. The molecule has 1 saturated heterocycles. The van der Waals surface area contributed by atoms with Crippen molar-refractivity contribution in [3.63, 3.8) is 0 Å². The van der Waals surface area contributed by atoms with Crippen LogP contribution in [0.25, 0.3) is 0 Å². The van der Waals surface area contributed by atoms with Crippen molar-refractivity contribution in [1.82, 2.24) is 10.0 Å². The maximum absolute atomic E-state index is 12.5. The lowest BCUT2D eigenvalue weighted by Gasteiger charge is -2.13. The van der Waals surface area contributed by atoms with Crippen LogP contribution in [0.5, 0.6) is 0 Å². The number of ether oxygens (including phenoxy) is 1. The van der Waals surface area contributed by atoms with Gasteiger partial charge in [-0.2, -0.15) is 0 Å². The van der Waals surface area contributed by atoms with Crippen LogP contribution in [0.2, 0.25) is 0 Å². The molecule has 1 aromatic heterocycles. The predicted octanol–water partition coefficient (Wildman–Crippen LogP) is 2.01. The van der Waals surface area contributed by atoms with Gasteiger partial charge in [0.2, 0.25) is 10.0 Å². The minimum Gasteiger partial charge on any atom is -0.377 e. The highest BCUT2D eigenvalue weighted by Gasteiger charge is 2.25. The second kappa shape index (κ2) is 7.69. The minimum absolute atomic E-state index is 0.0142. The van der Waals surface area contributed by atoms with E-state index >= 15 is 0 Å². The van der Waals surface area contributed by atoms with Crippen LogP contribution in [-0.2, 0) is 21.3 Å². The quantitative estimate of drug-likeness (QED) is 0.715. The van der Waals surface area contributed by atoms with Crippen molar-refractivity contribution in [3.8, 4) is 0 Å². The second-order valence-electron chi connectivity index (χ2n) is 5.33. The smallest absolute Gasteiger partial charge is 0.242 e. The first-order chi connectivity index (χ1) is 10.0. The van der Waals surface area contributed by atoms with Gasteiger partial charge in [0, 0.05) is 24.6 Å². The summed E-state index contributed by atoms with van der Waals surface area (Å²) < 4.78 is 33.2. The number of thiophene rings is 1. The molecule has 1 unspecified atom stereocenters. The molecule has 120 valence electrons. The van der Waals surface area contributed by atoms with Gasteiger partial charge in [-0.05, 0) is 43.7 Å². The van der Waals surface area contributed by atoms with Crippen LogP contribution in [0.1, 0.15) is 36.6 Å². The van der Waals surface area contributed by atoms with Gasteiger partial charge in [0.25, 0.3) is 0 Å². The van der Waals surface area contributed by atoms with Gasteiger partial charge in [0.15, 0.2) is 0 Å². The van der Waals surface area contributed by atoms with Crippen molar-refractivity contribution in [2.24, 2.45) is 0 Å². The van der Waals surface area contributed by atoms with Crippen molar-refractivity contribution < 1.29 is 13.2 Å². The van der Waals surface area contributed by atoms with E-state index in [-0.39, 0.29) is 6.10 Å². The molecule has 0 aromatic carbocycles. The Morgan fingerprint density at radius 2 is 2.29 bits per heavy atom. The van der Waals surface area contributed by atoms with Gasteiger partial charge in [0.1, 0.15) is 4.90 Å². The van der Waals surface area contributed by atoms with E-state index in [0.717, 1.165) is 42.9 Å². The fourth-order valence-corrected chi connectivity index (χ4v) is 5.27. The number of hydrogen-bond donors (Lipinski definition) is 2. The van der Waals surface area contributed by atoms with Crippen LogP contribution in [0.3, 0.4) is 0 Å². The van der Waals surface area contributed by atoms with Gasteiger partial charge in [-0.15, -0.1) is 11.3 Å². The Labute approximate surface area is 131 Å². The molecule has 0 bridgehead atoms. The topological polar surface area (TPSA) is 67.4 Å². The van der Waals surface area contributed by atoms with E-state index in [0.29, 0.717) is 18.0 Å². The summed E-state index contributed by atoms with van der Waals surface area (Å²) in [5.41, 5.74) is 0.813. The Bertz CT molecular complexity index is 549. The van der Waals surface area contributed by atoms with E-state index in [1.807, 2.05) is 12.3 Å². The molecule has 0 saturated carbocycles. The van der Waals surface area contributed by atoms with E-state index in [1.54, 1.807) is 0 Å². The van der Waals surface area contributed by atoms with E-state index < -0.39 is 10.0 Å².